The van der Waals surface area contributed by atoms with Crippen LogP contribution in [0.15, 0.2) is 41.5 Å². The second kappa shape index (κ2) is 8.30. The molecule has 0 aromatic heterocycles. The van der Waals surface area contributed by atoms with Crippen LogP contribution < -0.4 is 4.74 Å². The van der Waals surface area contributed by atoms with E-state index >= 15 is 0 Å². The lowest BCUT2D eigenvalue weighted by Crippen LogP contribution is -2.74. The SMILES string of the molecule is CC(C)=CC[C@@]12OC[C@@H]3[C@@H](CN(CCO)CCO)[C@@H](C=C4C(=O)c5c(O)cccc5O[C@]431)C2=O. The van der Waals surface area contributed by atoms with Gasteiger partial charge in [-0.25, -0.2) is 0 Å². The van der Waals surface area contributed by atoms with Crippen molar-refractivity contribution in [2.45, 2.75) is 31.5 Å². The number of fused-ring (bicyclic) bond motifs is 1. The fraction of sp³-hybridized carbons (Fsp3) is 0.538. The van der Waals surface area contributed by atoms with Crippen molar-refractivity contribution >= 4 is 11.6 Å². The Bertz CT molecular complexity index is 1080. The van der Waals surface area contributed by atoms with Gasteiger partial charge in [0.1, 0.15) is 17.1 Å². The first-order valence-electron chi connectivity index (χ1n) is 11.8. The van der Waals surface area contributed by atoms with Gasteiger partial charge in [0.2, 0.25) is 0 Å². The van der Waals surface area contributed by atoms with Crippen molar-refractivity contribution in [2.24, 2.45) is 17.8 Å². The smallest absolute Gasteiger partial charge is 0.200 e. The van der Waals surface area contributed by atoms with Gasteiger partial charge in [-0.3, -0.25) is 14.5 Å². The summed E-state index contributed by atoms with van der Waals surface area (Å²) in [6.07, 6.45) is 3.98. The number of aliphatic hydroxyl groups is 2. The molecule has 8 nitrogen and oxygen atoms in total. The van der Waals surface area contributed by atoms with E-state index in [9.17, 15) is 24.9 Å². The van der Waals surface area contributed by atoms with Crippen LogP contribution in [0.3, 0.4) is 0 Å². The van der Waals surface area contributed by atoms with Crippen LogP contribution in [0.4, 0.5) is 0 Å². The van der Waals surface area contributed by atoms with Crippen molar-refractivity contribution in [1.29, 1.82) is 0 Å². The monoisotopic (exact) mass is 469 g/mol. The second-order valence-electron chi connectivity index (χ2n) is 9.93. The molecule has 3 aliphatic carbocycles. The summed E-state index contributed by atoms with van der Waals surface area (Å²) in [4.78, 5) is 29.7. The summed E-state index contributed by atoms with van der Waals surface area (Å²) in [6, 6.07) is 4.73. The van der Waals surface area contributed by atoms with Crippen molar-refractivity contribution in [3.05, 3.63) is 47.1 Å². The maximum absolute atomic E-state index is 14.1. The molecule has 182 valence electrons. The van der Waals surface area contributed by atoms with Crippen molar-refractivity contribution in [1.82, 2.24) is 4.90 Å². The van der Waals surface area contributed by atoms with Crippen LogP contribution in [0, 0.1) is 17.8 Å². The lowest BCUT2D eigenvalue weighted by molar-refractivity contribution is -0.171. The molecular weight excluding hydrogens is 438 g/mol. The highest BCUT2D eigenvalue weighted by molar-refractivity contribution is 6.18. The number of ketones is 2. The van der Waals surface area contributed by atoms with E-state index in [0.29, 0.717) is 31.6 Å². The van der Waals surface area contributed by atoms with Crippen LogP contribution >= 0.6 is 0 Å². The molecule has 1 saturated carbocycles. The van der Waals surface area contributed by atoms with Gasteiger partial charge in [-0.1, -0.05) is 23.8 Å². The number of Topliss-reactive ketones (excluding diaryl/α,β-unsaturated/α-hetero) is 2. The Kier molecular flexibility index (Phi) is 5.67. The van der Waals surface area contributed by atoms with E-state index in [0.717, 1.165) is 5.57 Å². The number of aliphatic hydroxyl groups excluding tert-OH is 2. The topological polar surface area (TPSA) is 117 Å². The number of benzene rings is 1. The van der Waals surface area contributed by atoms with Crippen molar-refractivity contribution in [3.8, 4) is 11.5 Å². The molecule has 0 amide bonds. The van der Waals surface area contributed by atoms with Gasteiger partial charge in [-0.15, -0.1) is 0 Å². The molecule has 2 aliphatic heterocycles. The van der Waals surface area contributed by atoms with Gasteiger partial charge in [-0.05, 0) is 31.9 Å². The molecule has 5 atom stereocenters. The summed E-state index contributed by atoms with van der Waals surface area (Å²) in [7, 11) is 0. The Morgan fingerprint density at radius 3 is 2.62 bits per heavy atom. The molecular formula is C26H31NO7. The number of nitrogens with zero attached hydrogens (tertiary/aromatic N) is 1. The number of phenols is 1. The van der Waals surface area contributed by atoms with Crippen LogP contribution in [0.2, 0.25) is 0 Å². The fourth-order valence-electron chi connectivity index (χ4n) is 6.44. The summed E-state index contributed by atoms with van der Waals surface area (Å²) in [5.74, 6) is -1.36. The lowest BCUT2D eigenvalue weighted by Gasteiger charge is -2.58. The number of ether oxygens (including phenoxy) is 2. The number of hydrogen-bond donors (Lipinski definition) is 3. The third kappa shape index (κ3) is 2.99. The van der Waals surface area contributed by atoms with Crippen LogP contribution in [0.1, 0.15) is 30.6 Å². The highest BCUT2D eigenvalue weighted by Crippen LogP contribution is 2.65. The minimum Gasteiger partial charge on any atom is -0.507 e. The van der Waals surface area contributed by atoms with Gasteiger partial charge in [-0.2, -0.15) is 0 Å². The average Bonchev–Trinajstić information content (AvgIpc) is 3.08. The highest BCUT2D eigenvalue weighted by atomic mass is 16.6. The number of allylic oxidation sites excluding steroid dienone is 2. The Hall–Kier alpha value is -2.52. The first kappa shape index (κ1) is 23.2. The summed E-state index contributed by atoms with van der Waals surface area (Å²) >= 11 is 0. The predicted octanol–water partition coefficient (Wildman–Crippen LogP) is 1.49. The Morgan fingerprint density at radius 1 is 1.21 bits per heavy atom. The summed E-state index contributed by atoms with van der Waals surface area (Å²) < 4.78 is 13.0. The van der Waals surface area contributed by atoms with E-state index < -0.39 is 17.1 Å². The number of carbonyl (C=O) groups is 2. The zero-order valence-electron chi connectivity index (χ0n) is 19.5. The molecule has 8 heteroatoms. The zero-order chi connectivity index (χ0) is 24.3. The fourth-order valence-corrected chi connectivity index (χ4v) is 6.44. The number of aromatic hydroxyl groups is 1. The van der Waals surface area contributed by atoms with Gasteiger partial charge < -0.3 is 24.8 Å². The predicted molar refractivity (Wildman–Crippen MR) is 123 cm³/mol. The second-order valence-corrected chi connectivity index (χ2v) is 9.93. The first-order chi connectivity index (χ1) is 16.3. The number of hydrogen-bond acceptors (Lipinski definition) is 8. The van der Waals surface area contributed by atoms with Gasteiger partial charge in [0.15, 0.2) is 22.8 Å². The van der Waals surface area contributed by atoms with Crippen LogP contribution in [-0.4, -0.2) is 82.4 Å². The Balaban J connectivity index is 1.67. The maximum atomic E-state index is 14.1. The molecule has 5 aliphatic rings. The number of rotatable bonds is 8. The summed E-state index contributed by atoms with van der Waals surface area (Å²) in [5.41, 5.74) is -1.07. The molecule has 6 rings (SSSR count). The highest BCUT2D eigenvalue weighted by Gasteiger charge is 2.79. The molecule has 2 fully saturated rings. The molecule has 2 heterocycles. The minimum absolute atomic E-state index is 0.0646. The zero-order valence-corrected chi connectivity index (χ0v) is 19.5. The quantitative estimate of drug-likeness (QED) is 0.491. The van der Waals surface area contributed by atoms with Crippen molar-refractivity contribution in [3.63, 3.8) is 0 Å². The molecule has 0 radical (unpaired) electrons. The minimum atomic E-state index is -1.32. The third-order valence-electron chi connectivity index (χ3n) is 7.90. The van der Waals surface area contributed by atoms with Crippen LogP contribution in [-0.2, 0) is 9.53 Å². The lowest BCUT2D eigenvalue weighted by atomic mass is 9.49. The largest absolute Gasteiger partial charge is 0.507 e. The van der Waals surface area contributed by atoms with E-state index in [4.69, 9.17) is 9.47 Å². The van der Waals surface area contributed by atoms with Gasteiger partial charge in [0.25, 0.3) is 0 Å². The molecule has 1 aromatic carbocycles. The summed E-state index contributed by atoms with van der Waals surface area (Å²) in [6.45, 7) is 5.23. The van der Waals surface area contributed by atoms with Gasteiger partial charge in [0, 0.05) is 43.5 Å². The standard InChI is InChI=1S/C26H31NO7/c1-15(2)6-7-25-24(32)16-12-18-23(31)22-20(30)4-3-5-21(22)34-26(18,25)19(14-33-25)17(16)13-27(8-10-28)9-11-29/h3-6,12,16-17,19,28-30H,7-11,13-14H2,1-2H3/t16-,17+,19-,25+,26-/m1/s1. The van der Waals surface area contributed by atoms with Gasteiger partial charge in [0.05, 0.1) is 19.8 Å². The Morgan fingerprint density at radius 2 is 1.94 bits per heavy atom. The Labute approximate surface area is 198 Å². The maximum Gasteiger partial charge on any atom is 0.200 e. The van der Waals surface area contributed by atoms with E-state index in [2.05, 4.69) is 0 Å². The molecule has 1 aromatic rings. The normalized spacial score (nSPS) is 32.9. The molecule has 34 heavy (non-hydrogen) atoms. The number of phenolic OH excluding ortho intramolecular Hbond substituents is 1. The first-order valence-corrected chi connectivity index (χ1v) is 11.8. The van der Waals surface area contributed by atoms with E-state index in [1.54, 1.807) is 18.2 Å². The molecule has 3 N–H and O–H groups in total. The molecule has 0 unspecified atom stereocenters. The molecule has 1 spiro atoms. The van der Waals surface area contributed by atoms with Crippen LogP contribution in [0.5, 0.6) is 11.5 Å². The van der Waals surface area contributed by atoms with Crippen molar-refractivity contribution in [2.75, 3.05) is 39.5 Å². The van der Waals surface area contributed by atoms with Gasteiger partial charge >= 0.3 is 0 Å². The van der Waals surface area contributed by atoms with E-state index in [-0.39, 0.29) is 60.3 Å². The van der Waals surface area contributed by atoms with E-state index in [1.807, 2.05) is 24.8 Å². The number of carbonyl (C=O) groups excluding carboxylic acids is 2. The van der Waals surface area contributed by atoms with E-state index in [1.165, 1.54) is 6.07 Å². The average molecular weight is 470 g/mol. The summed E-state index contributed by atoms with van der Waals surface area (Å²) in [5, 5.41) is 29.4. The van der Waals surface area contributed by atoms with Crippen LogP contribution in [0.25, 0.3) is 0 Å². The molecule has 1 saturated heterocycles. The molecule has 4 bridgehead atoms. The van der Waals surface area contributed by atoms with Crippen molar-refractivity contribution < 1.29 is 34.4 Å². The third-order valence-corrected chi connectivity index (χ3v) is 7.90.